The van der Waals surface area contributed by atoms with Gasteiger partial charge in [-0.1, -0.05) is 43.7 Å². The lowest BCUT2D eigenvalue weighted by molar-refractivity contribution is -0.262. The monoisotopic (exact) mass is 443 g/mol. The highest BCUT2D eigenvalue weighted by atomic mass is 35.5. The molecule has 2 N–H and O–H groups in total. The molecule has 1 aliphatic heterocycles. The molecular weight excluding hydrogens is 422 g/mol. The van der Waals surface area contributed by atoms with E-state index in [0.717, 1.165) is 18.2 Å². The largest absolute Gasteiger partial charge is 0.508 e. The van der Waals surface area contributed by atoms with Crippen LogP contribution in [0.4, 0.5) is 23.2 Å². The van der Waals surface area contributed by atoms with E-state index in [1.54, 1.807) is 30.4 Å². The van der Waals surface area contributed by atoms with Crippen LogP contribution in [0.15, 0.2) is 42.5 Å². The van der Waals surface area contributed by atoms with E-state index in [0.29, 0.717) is 16.3 Å². The number of alkyl halides is 3. The molecule has 0 aliphatic carbocycles. The molecule has 1 aliphatic rings. The molecule has 8 heteroatoms. The molecule has 0 bridgehead atoms. The highest BCUT2D eigenvalue weighted by Crippen LogP contribution is 2.44. The fourth-order valence-corrected chi connectivity index (χ4v) is 4.09. The fraction of sp³-hybridized carbons (Fsp3) is 0.364. The molecular formula is C22H22ClF4NO2. The molecule has 2 aromatic carbocycles. The van der Waals surface area contributed by atoms with Crippen LogP contribution < -0.4 is 4.90 Å². The minimum atomic E-state index is -4.97. The predicted molar refractivity (Wildman–Crippen MR) is 109 cm³/mol. The number of hydrogen-bond donors (Lipinski definition) is 2. The van der Waals surface area contributed by atoms with Crippen molar-refractivity contribution in [3.05, 3.63) is 64.4 Å². The summed E-state index contributed by atoms with van der Waals surface area (Å²) in [6, 6.07) is 7.99. The molecule has 3 rings (SSSR count). The number of hydrogen-bond acceptors (Lipinski definition) is 3. The van der Waals surface area contributed by atoms with Crippen LogP contribution in [-0.2, 0) is 5.41 Å². The third-order valence-electron chi connectivity index (χ3n) is 5.36. The number of benzene rings is 2. The van der Waals surface area contributed by atoms with Gasteiger partial charge in [-0.2, -0.15) is 13.2 Å². The van der Waals surface area contributed by atoms with Crippen LogP contribution in [0.1, 0.15) is 31.4 Å². The minimum absolute atomic E-state index is 0.00726. The average molecular weight is 444 g/mol. The molecule has 2 aromatic rings. The SMILES string of the molecule is CC(C)(CC(O)(CN1CC=Cc2ccc(Cl)cc21)C(F)(F)F)c1cc(F)ccc1O. The Morgan fingerprint density at radius 2 is 1.80 bits per heavy atom. The number of nitrogens with zero attached hydrogens (tertiary/aromatic N) is 1. The van der Waals surface area contributed by atoms with Crippen LogP contribution in [0.25, 0.3) is 6.08 Å². The van der Waals surface area contributed by atoms with Gasteiger partial charge in [-0.25, -0.2) is 4.39 Å². The lowest BCUT2D eigenvalue weighted by atomic mass is 9.74. The van der Waals surface area contributed by atoms with Crippen molar-refractivity contribution in [2.24, 2.45) is 0 Å². The quantitative estimate of drug-likeness (QED) is 0.584. The Labute approximate surface area is 177 Å². The molecule has 1 heterocycles. The van der Waals surface area contributed by atoms with Gasteiger partial charge in [-0.3, -0.25) is 0 Å². The molecule has 1 atom stereocenters. The van der Waals surface area contributed by atoms with Crippen LogP contribution >= 0.6 is 11.6 Å². The Bertz CT molecular complexity index is 974. The summed E-state index contributed by atoms with van der Waals surface area (Å²) < 4.78 is 55.9. The van der Waals surface area contributed by atoms with Crippen molar-refractivity contribution in [2.45, 2.75) is 37.5 Å². The van der Waals surface area contributed by atoms with E-state index in [1.807, 2.05) is 0 Å². The second kappa shape index (κ2) is 7.78. The Kier molecular flexibility index (Phi) is 5.82. The number of phenolic OH excluding ortho intramolecular Hbond substituents is 1. The number of phenols is 1. The molecule has 162 valence electrons. The maximum atomic E-state index is 14.1. The van der Waals surface area contributed by atoms with E-state index >= 15 is 0 Å². The van der Waals surface area contributed by atoms with Gasteiger partial charge < -0.3 is 15.1 Å². The third kappa shape index (κ3) is 4.42. The van der Waals surface area contributed by atoms with Crippen molar-refractivity contribution in [3.63, 3.8) is 0 Å². The van der Waals surface area contributed by atoms with Gasteiger partial charge in [0.1, 0.15) is 11.6 Å². The normalized spacial score (nSPS) is 16.3. The van der Waals surface area contributed by atoms with Crippen LogP contribution in [-0.4, -0.2) is 35.1 Å². The summed E-state index contributed by atoms with van der Waals surface area (Å²) in [4.78, 5) is 1.41. The second-order valence-corrected chi connectivity index (χ2v) is 8.67. The summed E-state index contributed by atoms with van der Waals surface area (Å²) in [5.74, 6) is -1.01. The minimum Gasteiger partial charge on any atom is -0.508 e. The first-order valence-electron chi connectivity index (χ1n) is 9.32. The van der Waals surface area contributed by atoms with Crippen LogP contribution in [0.3, 0.4) is 0 Å². The third-order valence-corrected chi connectivity index (χ3v) is 5.59. The number of β-amino-alcohol motifs (C(OH)–C–C–N with tert-alkyl or cyclic N) is 1. The van der Waals surface area contributed by atoms with Gasteiger partial charge in [0.05, 0.1) is 6.54 Å². The molecule has 30 heavy (non-hydrogen) atoms. The Morgan fingerprint density at radius 3 is 2.47 bits per heavy atom. The predicted octanol–water partition coefficient (Wildman–Crippen LogP) is 5.68. The first-order chi connectivity index (χ1) is 13.8. The highest BCUT2D eigenvalue weighted by molar-refractivity contribution is 6.31. The van der Waals surface area contributed by atoms with Gasteiger partial charge in [0.15, 0.2) is 5.60 Å². The van der Waals surface area contributed by atoms with Crippen molar-refractivity contribution in [1.82, 2.24) is 0 Å². The van der Waals surface area contributed by atoms with Crippen molar-refractivity contribution in [2.75, 3.05) is 18.0 Å². The molecule has 0 saturated heterocycles. The standard InChI is InChI=1S/C22H22ClF4NO2/c1-20(2,17-11-16(24)7-8-19(17)29)12-21(30,22(25,26)27)13-28-9-3-4-14-5-6-15(23)10-18(14)28/h3-8,10-11,29-30H,9,12-13H2,1-2H3. The molecule has 0 saturated carbocycles. The van der Waals surface area contributed by atoms with Crippen molar-refractivity contribution in [3.8, 4) is 5.75 Å². The summed E-state index contributed by atoms with van der Waals surface area (Å²) in [5.41, 5.74) is -3.33. The molecule has 0 fully saturated rings. The molecule has 0 spiro atoms. The van der Waals surface area contributed by atoms with E-state index in [2.05, 4.69) is 0 Å². The summed E-state index contributed by atoms with van der Waals surface area (Å²) in [6.07, 6.45) is -2.26. The fourth-order valence-electron chi connectivity index (χ4n) is 3.92. The zero-order chi connectivity index (χ0) is 22.3. The summed E-state index contributed by atoms with van der Waals surface area (Å²) in [7, 11) is 0. The molecule has 0 amide bonds. The van der Waals surface area contributed by atoms with E-state index in [1.165, 1.54) is 18.7 Å². The van der Waals surface area contributed by atoms with Gasteiger partial charge in [-0.15, -0.1) is 0 Å². The lowest BCUT2D eigenvalue weighted by Crippen LogP contribution is -2.56. The zero-order valence-corrected chi connectivity index (χ0v) is 17.2. The van der Waals surface area contributed by atoms with Gasteiger partial charge in [0, 0.05) is 22.8 Å². The maximum absolute atomic E-state index is 14.1. The van der Waals surface area contributed by atoms with Gasteiger partial charge in [0.2, 0.25) is 0 Å². The summed E-state index contributed by atoms with van der Waals surface area (Å²) in [5, 5.41) is 21.3. The number of halogens is 5. The molecule has 0 aromatic heterocycles. The van der Waals surface area contributed by atoms with E-state index in [9.17, 15) is 27.8 Å². The Balaban J connectivity index is 1.97. The number of anilines is 1. The Hall–Kier alpha value is -2.25. The van der Waals surface area contributed by atoms with Gasteiger partial charge in [-0.05, 0) is 47.7 Å². The van der Waals surface area contributed by atoms with Crippen LogP contribution in [0.5, 0.6) is 5.75 Å². The first-order valence-corrected chi connectivity index (χ1v) is 9.69. The van der Waals surface area contributed by atoms with E-state index in [-0.39, 0.29) is 17.9 Å². The zero-order valence-electron chi connectivity index (χ0n) is 16.5. The maximum Gasteiger partial charge on any atom is 0.418 e. The van der Waals surface area contributed by atoms with E-state index in [4.69, 9.17) is 11.6 Å². The number of fused-ring (bicyclic) bond motifs is 1. The number of aromatic hydroxyl groups is 1. The summed E-state index contributed by atoms with van der Waals surface area (Å²) >= 11 is 6.02. The average Bonchev–Trinajstić information content (AvgIpc) is 2.63. The van der Waals surface area contributed by atoms with Crippen molar-refractivity contribution >= 4 is 23.4 Å². The lowest BCUT2D eigenvalue weighted by Gasteiger charge is -2.42. The van der Waals surface area contributed by atoms with Crippen molar-refractivity contribution < 1.29 is 27.8 Å². The van der Waals surface area contributed by atoms with Gasteiger partial charge in [0.25, 0.3) is 0 Å². The van der Waals surface area contributed by atoms with Crippen molar-refractivity contribution in [1.29, 1.82) is 0 Å². The van der Waals surface area contributed by atoms with Gasteiger partial charge >= 0.3 is 6.18 Å². The summed E-state index contributed by atoms with van der Waals surface area (Å²) in [6.45, 7) is 2.28. The Morgan fingerprint density at radius 1 is 1.10 bits per heavy atom. The van der Waals surface area contributed by atoms with Crippen LogP contribution in [0.2, 0.25) is 5.02 Å². The topological polar surface area (TPSA) is 43.7 Å². The first kappa shape index (κ1) is 22.4. The van der Waals surface area contributed by atoms with Crippen LogP contribution in [0, 0.1) is 5.82 Å². The molecule has 1 unspecified atom stereocenters. The highest BCUT2D eigenvalue weighted by Gasteiger charge is 2.57. The molecule has 3 nitrogen and oxygen atoms in total. The number of rotatable bonds is 5. The van der Waals surface area contributed by atoms with E-state index < -0.39 is 36.0 Å². The second-order valence-electron chi connectivity index (χ2n) is 8.24. The molecule has 0 radical (unpaired) electrons. The number of aliphatic hydroxyl groups is 1. The smallest absolute Gasteiger partial charge is 0.418 e.